The van der Waals surface area contributed by atoms with Gasteiger partial charge in [0.05, 0.1) is 11.5 Å². The molecule has 2 rings (SSSR count). The first-order valence-electron chi connectivity index (χ1n) is 5.94. The number of non-ortho nitro benzene ring substituents is 1. The minimum Gasteiger partial charge on any atom is -0.290 e. The largest absolute Gasteiger partial charge is 0.290 e. The van der Waals surface area contributed by atoms with Gasteiger partial charge in [-0.3, -0.25) is 25.8 Å². The van der Waals surface area contributed by atoms with Crippen molar-refractivity contribution in [2.45, 2.75) is 6.54 Å². The normalized spacial score (nSPS) is 11.2. The van der Waals surface area contributed by atoms with Crippen molar-refractivity contribution in [3.05, 3.63) is 75.8 Å². The molecule has 0 heterocycles. The number of hydroxylamine groups is 1. The molecule has 0 atom stereocenters. The summed E-state index contributed by atoms with van der Waals surface area (Å²) in [4.78, 5) is 14.3. The van der Waals surface area contributed by atoms with Gasteiger partial charge in [-0.05, 0) is 17.7 Å². The van der Waals surface area contributed by atoms with Crippen molar-refractivity contribution in [2.75, 3.05) is 0 Å². The molecule has 102 valence electrons. The Kier molecular flexibility index (Phi) is 4.41. The number of nitro benzene ring substituents is 1. The Hall–Kier alpha value is -2.73. The van der Waals surface area contributed by atoms with Crippen LogP contribution in [-0.2, 0) is 6.54 Å². The number of rotatable bonds is 4. The molecule has 0 aliphatic heterocycles. The summed E-state index contributed by atoms with van der Waals surface area (Å²) in [7, 11) is 0. The highest BCUT2D eigenvalue weighted by atomic mass is 16.6. The molecule has 20 heavy (non-hydrogen) atoms. The van der Waals surface area contributed by atoms with Gasteiger partial charge in [-0.25, -0.2) is 0 Å². The van der Waals surface area contributed by atoms with Crippen molar-refractivity contribution in [3.8, 4) is 0 Å². The first kappa shape index (κ1) is 13.7. The van der Waals surface area contributed by atoms with Gasteiger partial charge in [0.2, 0.25) is 0 Å². The maximum Gasteiger partial charge on any atom is 0.269 e. The van der Waals surface area contributed by atoms with Gasteiger partial charge in [0.25, 0.3) is 5.69 Å². The minimum atomic E-state index is -0.475. The lowest BCUT2D eigenvalue weighted by Gasteiger charge is -2.05. The molecular formula is C14H13N3O3. The number of nitrogens with zero attached hydrogens (tertiary/aromatic N) is 2. The van der Waals surface area contributed by atoms with Gasteiger partial charge < -0.3 is 0 Å². The van der Waals surface area contributed by atoms with E-state index in [1.54, 1.807) is 0 Å². The quantitative estimate of drug-likeness (QED) is 0.387. The maximum absolute atomic E-state index is 10.6. The predicted octanol–water partition coefficient (Wildman–Crippen LogP) is 2.52. The molecule has 0 amide bonds. The Morgan fingerprint density at radius 3 is 2.35 bits per heavy atom. The first-order valence-corrected chi connectivity index (χ1v) is 5.94. The fraction of sp³-hybridized carbons (Fsp3) is 0.0714. The van der Waals surface area contributed by atoms with Gasteiger partial charge in [0, 0.05) is 17.7 Å². The van der Waals surface area contributed by atoms with E-state index >= 15 is 0 Å². The summed E-state index contributed by atoms with van der Waals surface area (Å²) in [5, 5.41) is 19.7. The molecule has 2 aromatic carbocycles. The van der Waals surface area contributed by atoms with E-state index in [2.05, 4.69) is 4.99 Å². The molecule has 0 aromatic heterocycles. The summed E-state index contributed by atoms with van der Waals surface area (Å²) in [5.74, 6) is 0.267. The predicted molar refractivity (Wildman–Crippen MR) is 74.7 cm³/mol. The molecular weight excluding hydrogens is 258 g/mol. The standard InChI is InChI=1S/C14H13N3O3/c18-16-14(15-10-11-4-2-1-3-5-11)12-6-8-13(9-7-12)17(19)20/h1-9,18H,10H2,(H,15,16). The number of nitrogens with one attached hydrogen (secondary N) is 1. The van der Waals surface area contributed by atoms with Crippen LogP contribution in [0.25, 0.3) is 0 Å². The molecule has 0 aliphatic carbocycles. The van der Waals surface area contributed by atoms with Gasteiger partial charge in [0.1, 0.15) is 0 Å². The zero-order chi connectivity index (χ0) is 14.4. The number of nitro groups is 1. The number of amidine groups is 1. The molecule has 0 saturated carbocycles. The monoisotopic (exact) mass is 271 g/mol. The lowest BCUT2D eigenvalue weighted by molar-refractivity contribution is -0.384. The average molecular weight is 271 g/mol. The van der Waals surface area contributed by atoms with E-state index in [0.717, 1.165) is 5.56 Å². The fourth-order valence-corrected chi connectivity index (χ4v) is 1.69. The Morgan fingerprint density at radius 1 is 1.15 bits per heavy atom. The van der Waals surface area contributed by atoms with E-state index in [9.17, 15) is 10.1 Å². The highest BCUT2D eigenvalue weighted by molar-refractivity contribution is 5.98. The summed E-state index contributed by atoms with van der Waals surface area (Å²) in [6.07, 6.45) is 0. The van der Waals surface area contributed by atoms with Crippen LogP contribution in [0.15, 0.2) is 59.6 Å². The lowest BCUT2D eigenvalue weighted by Crippen LogP contribution is -2.20. The Bertz CT molecular complexity index is 609. The van der Waals surface area contributed by atoms with Crippen molar-refractivity contribution in [1.29, 1.82) is 0 Å². The summed E-state index contributed by atoms with van der Waals surface area (Å²) in [5.41, 5.74) is 3.59. The molecule has 0 saturated heterocycles. The van der Waals surface area contributed by atoms with Crippen LogP contribution in [0.1, 0.15) is 11.1 Å². The Labute approximate surface area is 115 Å². The van der Waals surface area contributed by atoms with Crippen molar-refractivity contribution >= 4 is 11.5 Å². The fourth-order valence-electron chi connectivity index (χ4n) is 1.69. The Morgan fingerprint density at radius 2 is 1.80 bits per heavy atom. The van der Waals surface area contributed by atoms with Gasteiger partial charge in [-0.1, -0.05) is 30.3 Å². The zero-order valence-corrected chi connectivity index (χ0v) is 10.6. The topological polar surface area (TPSA) is 87.8 Å². The van der Waals surface area contributed by atoms with E-state index in [1.165, 1.54) is 24.3 Å². The van der Waals surface area contributed by atoms with Crippen LogP contribution in [0.5, 0.6) is 0 Å². The van der Waals surface area contributed by atoms with E-state index in [0.29, 0.717) is 12.1 Å². The van der Waals surface area contributed by atoms with Crippen molar-refractivity contribution in [1.82, 2.24) is 5.48 Å². The molecule has 6 heteroatoms. The van der Waals surface area contributed by atoms with Gasteiger partial charge >= 0.3 is 0 Å². The number of hydrogen-bond acceptors (Lipinski definition) is 4. The van der Waals surface area contributed by atoms with Crippen LogP contribution in [0.3, 0.4) is 0 Å². The van der Waals surface area contributed by atoms with E-state index in [-0.39, 0.29) is 11.5 Å². The van der Waals surface area contributed by atoms with Crippen LogP contribution < -0.4 is 5.48 Å². The van der Waals surface area contributed by atoms with Crippen LogP contribution >= 0.6 is 0 Å². The molecule has 2 N–H and O–H groups in total. The highest BCUT2D eigenvalue weighted by Crippen LogP contribution is 2.12. The third-order valence-corrected chi connectivity index (χ3v) is 2.72. The van der Waals surface area contributed by atoms with Crippen molar-refractivity contribution < 1.29 is 10.1 Å². The van der Waals surface area contributed by atoms with E-state index < -0.39 is 4.92 Å². The number of benzene rings is 2. The molecule has 0 aliphatic rings. The van der Waals surface area contributed by atoms with Crippen molar-refractivity contribution in [3.63, 3.8) is 0 Å². The molecule has 0 spiro atoms. The second-order valence-electron chi connectivity index (χ2n) is 4.07. The second kappa shape index (κ2) is 6.44. The number of hydrogen-bond donors (Lipinski definition) is 2. The molecule has 6 nitrogen and oxygen atoms in total. The zero-order valence-electron chi connectivity index (χ0n) is 10.6. The van der Waals surface area contributed by atoms with E-state index in [1.807, 2.05) is 35.8 Å². The third-order valence-electron chi connectivity index (χ3n) is 2.72. The van der Waals surface area contributed by atoms with Gasteiger partial charge in [-0.2, -0.15) is 0 Å². The molecule has 0 radical (unpaired) electrons. The van der Waals surface area contributed by atoms with Gasteiger partial charge in [-0.15, -0.1) is 0 Å². The van der Waals surface area contributed by atoms with Crippen LogP contribution in [0.4, 0.5) is 5.69 Å². The second-order valence-corrected chi connectivity index (χ2v) is 4.07. The molecule has 2 aromatic rings. The van der Waals surface area contributed by atoms with Crippen LogP contribution in [0.2, 0.25) is 0 Å². The summed E-state index contributed by atoms with van der Waals surface area (Å²) in [6.45, 7) is 0.403. The lowest BCUT2D eigenvalue weighted by atomic mass is 10.2. The molecule has 0 fully saturated rings. The third kappa shape index (κ3) is 3.39. The minimum absolute atomic E-state index is 0.00546. The van der Waals surface area contributed by atoms with Crippen molar-refractivity contribution in [2.24, 2.45) is 4.99 Å². The molecule has 0 bridgehead atoms. The summed E-state index contributed by atoms with van der Waals surface area (Å²) >= 11 is 0. The van der Waals surface area contributed by atoms with Gasteiger partial charge in [0.15, 0.2) is 5.84 Å². The molecule has 0 unspecified atom stereocenters. The average Bonchev–Trinajstić information content (AvgIpc) is 2.49. The van der Waals surface area contributed by atoms with Crippen LogP contribution in [-0.4, -0.2) is 16.0 Å². The maximum atomic E-state index is 10.6. The highest BCUT2D eigenvalue weighted by Gasteiger charge is 2.07. The number of aliphatic imine (C=N–C) groups is 1. The van der Waals surface area contributed by atoms with Crippen LogP contribution in [0, 0.1) is 10.1 Å². The smallest absolute Gasteiger partial charge is 0.269 e. The Balaban J connectivity index is 2.17. The first-order chi connectivity index (χ1) is 9.70. The summed E-state index contributed by atoms with van der Waals surface area (Å²) in [6, 6.07) is 15.4. The SMILES string of the molecule is O=[N+]([O-])c1ccc(C(=NCc2ccccc2)NO)cc1. The summed E-state index contributed by atoms with van der Waals surface area (Å²) < 4.78 is 0. The van der Waals surface area contributed by atoms with E-state index in [4.69, 9.17) is 5.21 Å².